The average Bonchev–Trinajstić information content (AvgIpc) is 2.20. The largest absolute Gasteiger partial charge is 0.481 e. The van der Waals surface area contributed by atoms with Crippen molar-refractivity contribution in [1.29, 1.82) is 0 Å². The molecule has 0 saturated carbocycles. The molecule has 0 spiro atoms. The van der Waals surface area contributed by atoms with Crippen molar-refractivity contribution in [2.75, 3.05) is 18.4 Å². The van der Waals surface area contributed by atoms with Crippen LogP contribution in [-0.4, -0.2) is 24.2 Å². The molecule has 0 unspecified atom stereocenters. The molecule has 0 aliphatic rings. The lowest BCUT2D eigenvalue weighted by Gasteiger charge is -2.05. The van der Waals surface area contributed by atoms with Gasteiger partial charge in [0.1, 0.15) is 0 Å². The number of carbonyl (C=O) groups is 1. The van der Waals surface area contributed by atoms with Gasteiger partial charge in [0.05, 0.1) is 6.42 Å². The third-order valence-corrected chi connectivity index (χ3v) is 2.02. The van der Waals surface area contributed by atoms with Gasteiger partial charge in [0, 0.05) is 12.2 Å². The minimum absolute atomic E-state index is 0.0725. The fourth-order valence-electron chi connectivity index (χ4n) is 1.25. The molecule has 0 bridgehead atoms. The number of anilines is 1. The molecule has 4 heteroatoms. The Morgan fingerprint density at radius 3 is 2.53 bits per heavy atom. The highest BCUT2D eigenvalue weighted by atomic mass is 16.4. The van der Waals surface area contributed by atoms with E-state index in [4.69, 9.17) is 10.8 Å². The maximum Gasteiger partial charge on any atom is 0.307 e. The number of carboxylic acids is 1. The van der Waals surface area contributed by atoms with Gasteiger partial charge in [0.2, 0.25) is 0 Å². The second-order valence-electron chi connectivity index (χ2n) is 3.34. The van der Waals surface area contributed by atoms with E-state index in [2.05, 4.69) is 5.32 Å². The molecule has 0 atom stereocenters. The average molecular weight is 208 g/mol. The van der Waals surface area contributed by atoms with E-state index in [9.17, 15) is 4.79 Å². The first-order chi connectivity index (χ1) is 7.22. The van der Waals surface area contributed by atoms with Gasteiger partial charge in [0.15, 0.2) is 0 Å². The molecular formula is C11H16N2O2. The van der Waals surface area contributed by atoms with E-state index in [1.165, 1.54) is 0 Å². The van der Waals surface area contributed by atoms with Gasteiger partial charge >= 0.3 is 5.97 Å². The van der Waals surface area contributed by atoms with Crippen molar-refractivity contribution < 1.29 is 9.90 Å². The van der Waals surface area contributed by atoms with Crippen LogP contribution in [0.1, 0.15) is 12.0 Å². The van der Waals surface area contributed by atoms with Crippen LogP contribution >= 0.6 is 0 Å². The van der Waals surface area contributed by atoms with E-state index in [0.717, 1.165) is 24.2 Å². The molecule has 4 nitrogen and oxygen atoms in total. The van der Waals surface area contributed by atoms with Gasteiger partial charge in [0.25, 0.3) is 0 Å². The van der Waals surface area contributed by atoms with Gasteiger partial charge in [-0.1, -0.05) is 12.1 Å². The van der Waals surface area contributed by atoms with E-state index in [0.29, 0.717) is 6.54 Å². The van der Waals surface area contributed by atoms with Crippen molar-refractivity contribution in [1.82, 2.24) is 0 Å². The Labute approximate surface area is 89.1 Å². The van der Waals surface area contributed by atoms with Crippen LogP contribution in [0.5, 0.6) is 0 Å². The van der Waals surface area contributed by atoms with E-state index in [1.807, 2.05) is 24.3 Å². The Morgan fingerprint density at radius 2 is 2.00 bits per heavy atom. The summed E-state index contributed by atoms with van der Waals surface area (Å²) in [5, 5.41) is 11.8. The van der Waals surface area contributed by atoms with E-state index in [-0.39, 0.29) is 6.42 Å². The number of hydrogen-bond donors (Lipinski definition) is 3. The van der Waals surface area contributed by atoms with Gasteiger partial charge in [-0.25, -0.2) is 0 Å². The molecule has 0 heterocycles. The standard InChI is InChI=1S/C11H16N2O2/c12-6-1-7-13-10-4-2-9(3-5-10)8-11(14)15/h2-5,13H,1,6-8,12H2,(H,14,15). The molecular weight excluding hydrogens is 192 g/mol. The summed E-state index contributed by atoms with van der Waals surface area (Å²) in [4.78, 5) is 10.4. The number of nitrogens with one attached hydrogen (secondary N) is 1. The third kappa shape index (κ3) is 4.46. The Balaban J connectivity index is 2.45. The summed E-state index contributed by atoms with van der Waals surface area (Å²) < 4.78 is 0. The molecule has 0 radical (unpaired) electrons. The van der Waals surface area contributed by atoms with Crippen LogP contribution in [0.3, 0.4) is 0 Å². The van der Waals surface area contributed by atoms with Crippen LogP contribution in [0.25, 0.3) is 0 Å². The van der Waals surface area contributed by atoms with Crippen LogP contribution in [0.2, 0.25) is 0 Å². The lowest BCUT2D eigenvalue weighted by Crippen LogP contribution is -2.08. The molecule has 0 fully saturated rings. The maximum absolute atomic E-state index is 10.4. The highest BCUT2D eigenvalue weighted by molar-refractivity contribution is 5.70. The molecule has 4 N–H and O–H groups in total. The second kappa shape index (κ2) is 6.03. The summed E-state index contributed by atoms with van der Waals surface area (Å²) in [6.45, 7) is 1.51. The molecule has 82 valence electrons. The van der Waals surface area contributed by atoms with Crippen LogP contribution in [0.15, 0.2) is 24.3 Å². The summed E-state index contributed by atoms with van der Waals surface area (Å²) >= 11 is 0. The van der Waals surface area contributed by atoms with E-state index < -0.39 is 5.97 Å². The van der Waals surface area contributed by atoms with Gasteiger partial charge in [-0.05, 0) is 30.7 Å². The summed E-state index contributed by atoms with van der Waals surface area (Å²) in [6, 6.07) is 7.40. The number of hydrogen-bond acceptors (Lipinski definition) is 3. The molecule has 0 aromatic heterocycles. The number of aliphatic carboxylic acids is 1. The first-order valence-electron chi connectivity index (χ1n) is 4.97. The number of rotatable bonds is 6. The SMILES string of the molecule is NCCCNc1ccc(CC(=O)O)cc1. The highest BCUT2D eigenvalue weighted by Gasteiger charge is 1.99. The van der Waals surface area contributed by atoms with Crippen molar-refractivity contribution >= 4 is 11.7 Å². The zero-order valence-corrected chi connectivity index (χ0v) is 8.57. The molecule has 0 saturated heterocycles. The Morgan fingerprint density at radius 1 is 1.33 bits per heavy atom. The highest BCUT2D eigenvalue weighted by Crippen LogP contribution is 2.09. The van der Waals surface area contributed by atoms with Crippen molar-refractivity contribution in [2.24, 2.45) is 5.73 Å². The number of nitrogens with two attached hydrogens (primary N) is 1. The van der Waals surface area contributed by atoms with Gasteiger partial charge in [-0.2, -0.15) is 0 Å². The number of benzene rings is 1. The summed E-state index contributed by atoms with van der Waals surface area (Å²) in [5.74, 6) is -0.807. The second-order valence-corrected chi connectivity index (χ2v) is 3.34. The van der Waals surface area contributed by atoms with Crippen molar-refractivity contribution in [2.45, 2.75) is 12.8 Å². The third-order valence-electron chi connectivity index (χ3n) is 2.02. The summed E-state index contributed by atoms with van der Waals surface area (Å²) in [6.07, 6.45) is 1.000. The zero-order chi connectivity index (χ0) is 11.1. The van der Waals surface area contributed by atoms with Crippen LogP contribution in [-0.2, 0) is 11.2 Å². The van der Waals surface area contributed by atoms with E-state index >= 15 is 0 Å². The van der Waals surface area contributed by atoms with Crippen LogP contribution in [0.4, 0.5) is 5.69 Å². The fraction of sp³-hybridized carbons (Fsp3) is 0.364. The number of carboxylic acid groups (broad SMARTS) is 1. The first kappa shape index (κ1) is 11.5. The topological polar surface area (TPSA) is 75.3 Å². The quantitative estimate of drug-likeness (QED) is 0.611. The van der Waals surface area contributed by atoms with Crippen LogP contribution in [0, 0.1) is 0 Å². The summed E-state index contributed by atoms with van der Waals surface area (Å²) in [5.41, 5.74) is 7.18. The van der Waals surface area contributed by atoms with E-state index in [1.54, 1.807) is 0 Å². The van der Waals surface area contributed by atoms with Crippen molar-refractivity contribution in [3.63, 3.8) is 0 Å². The minimum Gasteiger partial charge on any atom is -0.481 e. The van der Waals surface area contributed by atoms with Gasteiger partial charge in [-0.3, -0.25) is 4.79 Å². The minimum atomic E-state index is -0.807. The Bertz CT molecular complexity index is 309. The predicted octanol–water partition coefficient (Wildman–Crippen LogP) is 1.07. The Kier molecular flexibility index (Phi) is 4.63. The lowest BCUT2D eigenvalue weighted by atomic mass is 10.1. The molecule has 0 aliphatic carbocycles. The molecule has 15 heavy (non-hydrogen) atoms. The predicted molar refractivity (Wildman–Crippen MR) is 59.9 cm³/mol. The smallest absolute Gasteiger partial charge is 0.307 e. The monoisotopic (exact) mass is 208 g/mol. The van der Waals surface area contributed by atoms with Gasteiger partial charge in [-0.15, -0.1) is 0 Å². The fourth-order valence-corrected chi connectivity index (χ4v) is 1.25. The first-order valence-corrected chi connectivity index (χ1v) is 4.97. The zero-order valence-electron chi connectivity index (χ0n) is 8.57. The molecule has 1 aromatic rings. The van der Waals surface area contributed by atoms with Crippen molar-refractivity contribution in [3.8, 4) is 0 Å². The lowest BCUT2D eigenvalue weighted by molar-refractivity contribution is -0.136. The normalized spacial score (nSPS) is 9.93. The van der Waals surface area contributed by atoms with Crippen LogP contribution < -0.4 is 11.1 Å². The molecule has 1 rings (SSSR count). The maximum atomic E-state index is 10.4. The van der Waals surface area contributed by atoms with Crippen molar-refractivity contribution in [3.05, 3.63) is 29.8 Å². The summed E-state index contributed by atoms with van der Waals surface area (Å²) in [7, 11) is 0. The Hall–Kier alpha value is -1.55. The molecule has 0 amide bonds. The van der Waals surface area contributed by atoms with Gasteiger partial charge < -0.3 is 16.2 Å². The molecule has 1 aromatic carbocycles. The molecule has 0 aliphatic heterocycles.